The van der Waals surface area contributed by atoms with Gasteiger partial charge in [0.05, 0.1) is 27.5 Å². The van der Waals surface area contributed by atoms with E-state index in [9.17, 15) is 9.90 Å². The SMILES string of the molecule is CC1=C(C(=O)Nc2cccnc2)C(c2ccc(Cl)c(Cl)c2)n2nc(-c3ccc(O)cc3)nc2N1. The Morgan fingerprint density at radius 3 is 2.62 bits per heavy atom. The van der Waals surface area contributed by atoms with E-state index >= 15 is 0 Å². The number of hydrogen-bond donors (Lipinski definition) is 3. The van der Waals surface area contributed by atoms with Gasteiger partial charge in [0.2, 0.25) is 5.95 Å². The summed E-state index contributed by atoms with van der Waals surface area (Å²) in [5.41, 5.74) is 3.06. The van der Waals surface area contributed by atoms with Crippen LogP contribution < -0.4 is 10.6 Å². The Kier molecular flexibility index (Phi) is 5.69. The molecule has 0 bridgehead atoms. The number of anilines is 2. The topological polar surface area (TPSA) is 105 Å². The second kappa shape index (κ2) is 8.81. The van der Waals surface area contributed by atoms with Gasteiger partial charge in [0.25, 0.3) is 5.91 Å². The molecule has 10 heteroatoms. The first-order valence-electron chi connectivity index (χ1n) is 10.3. The van der Waals surface area contributed by atoms with Gasteiger partial charge in [-0.25, -0.2) is 4.68 Å². The fourth-order valence-electron chi connectivity index (χ4n) is 3.80. The average molecular weight is 493 g/mol. The number of rotatable bonds is 4. The second-order valence-corrected chi connectivity index (χ2v) is 8.50. The fourth-order valence-corrected chi connectivity index (χ4v) is 4.11. The number of allylic oxidation sites excluding steroid dienone is 1. The standard InChI is InChI=1S/C24H18Cl2N6O2/c1-13-20(23(34)29-16-3-2-10-27-12-16)21(15-6-9-18(25)19(26)11-15)32-24(28-13)30-22(31-32)14-4-7-17(33)8-5-14/h2-12,21,33H,1H3,(H,29,34)(H,28,30,31). The molecule has 0 saturated carbocycles. The molecule has 0 fully saturated rings. The van der Waals surface area contributed by atoms with Crippen LogP contribution in [0.3, 0.4) is 0 Å². The first-order valence-corrected chi connectivity index (χ1v) is 11.1. The highest BCUT2D eigenvalue weighted by Crippen LogP contribution is 2.38. The van der Waals surface area contributed by atoms with Gasteiger partial charge in [-0.1, -0.05) is 29.3 Å². The molecule has 3 N–H and O–H groups in total. The number of aromatic nitrogens is 4. The zero-order valence-corrected chi connectivity index (χ0v) is 19.3. The zero-order chi connectivity index (χ0) is 23.8. The predicted molar refractivity (Wildman–Crippen MR) is 131 cm³/mol. The number of hydrogen-bond acceptors (Lipinski definition) is 6. The molecule has 0 spiro atoms. The number of carbonyl (C=O) groups excluding carboxylic acids is 1. The summed E-state index contributed by atoms with van der Waals surface area (Å²) in [7, 11) is 0. The van der Waals surface area contributed by atoms with Crippen LogP contribution in [0, 0.1) is 0 Å². The maximum Gasteiger partial charge on any atom is 0.255 e. The molecule has 2 aromatic carbocycles. The van der Waals surface area contributed by atoms with E-state index in [0.29, 0.717) is 44.3 Å². The minimum Gasteiger partial charge on any atom is -0.508 e. The number of nitrogens with one attached hydrogen (secondary N) is 2. The summed E-state index contributed by atoms with van der Waals surface area (Å²) in [6, 6.07) is 14.7. The van der Waals surface area contributed by atoms with E-state index in [-0.39, 0.29) is 11.7 Å². The van der Waals surface area contributed by atoms with Crippen LogP contribution in [0.15, 0.2) is 78.3 Å². The van der Waals surface area contributed by atoms with Crippen LogP contribution in [0.5, 0.6) is 5.75 Å². The summed E-state index contributed by atoms with van der Waals surface area (Å²) in [5.74, 6) is 0.733. The third-order valence-corrected chi connectivity index (χ3v) is 6.14. The molecule has 4 aromatic rings. The summed E-state index contributed by atoms with van der Waals surface area (Å²) in [4.78, 5) is 22.1. The molecule has 170 valence electrons. The van der Waals surface area contributed by atoms with Gasteiger partial charge in [0.15, 0.2) is 5.82 Å². The number of phenols is 1. The number of nitrogens with zero attached hydrogens (tertiary/aromatic N) is 4. The molecule has 1 atom stereocenters. The van der Waals surface area contributed by atoms with Crippen molar-refractivity contribution in [1.82, 2.24) is 19.7 Å². The lowest BCUT2D eigenvalue weighted by molar-refractivity contribution is -0.113. The molecule has 2 aromatic heterocycles. The average Bonchev–Trinajstić information content (AvgIpc) is 3.24. The zero-order valence-electron chi connectivity index (χ0n) is 17.8. The van der Waals surface area contributed by atoms with Crippen molar-refractivity contribution in [2.75, 3.05) is 10.6 Å². The molecule has 1 aliphatic heterocycles. The highest BCUT2D eigenvalue weighted by molar-refractivity contribution is 6.42. The Hall–Kier alpha value is -3.88. The predicted octanol–water partition coefficient (Wildman–Crippen LogP) is 5.28. The summed E-state index contributed by atoms with van der Waals surface area (Å²) in [6.07, 6.45) is 3.20. The summed E-state index contributed by atoms with van der Waals surface area (Å²) in [6.45, 7) is 1.81. The molecule has 1 amide bonds. The Morgan fingerprint density at radius 2 is 1.91 bits per heavy atom. The lowest BCUT2D eigenvalue weighted by Gasteiger charge is -2.28. The number of fused-ring (bicyclic) bond motifs is 1. The first kappa shape index (κ1) is 21.9. The number of halogens is 2. The molecule has 0 radical (unpaired) electrons. The van der Waals surface area contributed by atoms with Crippen LogP contribution in [0.25, 0.3) is 11.4 Å². The van der Waals surface area contributed by atoms with Crippen molar-refractivity contribution in [2.24, 2.45) is 0 Å². The quantitative estimate of drug-likeness (QED) is 0.357. The van der Waals surface area contributed by atoms with E-state index in [1.807, 2.05) is 0 Å². The number of amides is 1. The van der Waals surface area contributed by atoms with Gasteiger partial charge in [-0.3, -0.25) is 9.78 Å². The van der Waals surface area contributed by atoms with Crippen molar-refractivity contribution in [3.63, 3.8) is 0 Å². The van der Waals surface area contributed by atoms with Crippen LogP contribution in [0.1, 0.15) is 18.5 Å². The van der Waals surface area contributed by atoms with Gasteiger partial charge in [0, 0.05) is 17.5 Å². The smallest absolute Gasteiger partial charge is 0.255 e. The molecule has 3 heterocycles. The van der Waals surface area contributed by atoms with Crippen molar-refractivity contribution in [2.45, 2.75) is 13.0 Å². The van der Waals surface area contributed by atoms with Gasteiger partial charge >= 0.3 is 0 Å². The van der Waals surface area contributed by atoms with Crippen LogP contribution in [-0.2, 0) is 4.79 Å². The van der Waals surface area contributed by atoms with Gasteiger partial charge < -0.3 is 15.7 Å². The van der Waals surface area contributed by atoms with Crippen molar-refractivity contribution in [3.8, 4) is 17.1 Å². The normalized spacial score (nSPS) is 15.0. The van der Waals surface area contributed by atoms with Crippen LogP contribution >= 0.6 is 23.2 Å². The van der Waals surface area contributed by atoms with Gasteiger partial charge in [-0.05, 0) is 61.0 Å². The number of pyridine rings is 1. The molecular formula is C24H18Cl2N6O2. The monoisotopic (exact) mass is 492 g/mol. The Labute approximate surface area is 204 Å². The molecule has 1 unspecified atom stereocenters. The number of aromatic hydroxyl groups is 1. The van der Waals surface area contributed by atoms with Crippen LogP contribution in [0.2, 0.25) is 10.0 Å². The highest BCUT2D eigenvalue weighted by Gasteiger charge is 2.34. The minimum atomic E-state index is -0.624. The van der Waals surface area contributed by atoms with E-state index in [2.05, 4.69) is 20.6 Å². The fraction of sp³-hybridized carbons (Fsp3) is 0.0833. The maximum absolute atomic E-state index is 13.5. The third kappa shape index (κ3) is 4.09. The van der Waals surface area contributed by atoms with E-state index in [1.165, 1.54) is 0 Å². The van der Waals surface area contributed by atoms with E-state index < -0.39 is 6.04 Å². The molecular weight excluding hydrogens is 475 g/mol. The lowest BCUT2D eigenvalue weighted by Crippen LogP contribution is -2.31. The van der Waals surface area contributed by atoms with Gasteiger partial charge in [-0.2, -0.15) is 4.98 Å². The molecule has 5 rings (SSSR count). The molecule has 34 heavy (non-hydrogen) atoms. The lowest BCUT2D eigenvalue weighted by atomic mass is 9.95. The Morgan fingerprint density at radius 1 is 1.12 bits per heavy atom. The third-order valence-electron chi connectivity index (χ3n) is 5.40. The number of phenolic OH excluding ortho intramolecular Hbond substituents is 1. The van der Waals surface area contributed by atoms with E-state index in [0.717, 1.165) is 5.56 Å². The molecule has 0 aliphatic carbocycles. The van der Waals surface area contributed by atoms with Crippen LogP contribution in [-0.4, -0.2) is 30.8 Å². The number of benzene rings is 2. The van der Waals surface area contributed by atoms with E-state index in [1.54, 1.807) is 78.6 Å². The van der Waals surface area contributed by atoms with Crippen molar-refractivity contribution in [3.05, 3.63) is 93.9 Å². The summed E-state index contributed by atoms with van der Waals surface area (Å²) in [5, 5.41) is 21.2. The van der Waals surface area contributed by atoms with Crippen molar-refractivity contribution in [1.29, 1.82) is 0 Å². The number of carbonyl (C=O) groups is 1. The minimum absolute atomic E-state index is 0.145. The molecule has 0 saturated heterocycles. The largest absolute Gasteiger partial charge is 0.508 e. The van der Waals surface area contributed by atoms with Gasteiger partial charge in [-0.15, -0.1) is 5.10 Å². The van der Waals surface area contributed by atoms with Crippen molar-refractivity contribution >= 4 is 40.7 Å². The maximum atomic E-state index is 13.5. The Balaban J connectivity index is 1.62. The summed E-state index contributed by atoms with van der Waals surface area (Å²) >= 11 is 12.5. The summed E-state index contributed by atoms with van der Waals surface area (Å²) < 4.78 is 1.65. The van der Waals surface area contributed by atoms with Crippen LogP contribution in [0.4, 0.5) is 11.6 Å². The Bertz CT molecular complexity index is 1420. The van der Waals surface area contributed by atoms with E-state index in [4.69, 9.17) is 28.3 Å². The molecule has 1 aliphatic rings. The van der Waals surface area contributed by atoms with Gasteiger partial charge in [0.1, 0.15) is 11.8 Å². The first-order chi connectivity index (χ1) is 16.4. The second-order valence-electron chi connectivity index (χ2n) is 7.69. The molecule has 8 nitrogen and oxygen atoms in total. The highest BCUT2D eigenvalue weighted by atomic mass is 35.5. The van der Waals surface area contributed by atoms with Crippen molar-refractivity contribution < 1.29 is 9.90 Å².